The lowest BCUT2D eigenvalue weighted by molar-refractivity contribution is -0.138. The van der Waals surface area contributed by atoms with Gasteiger partial charge in [0.2, 0.25) is 0 Å². The van der Waals surface area contributed by atoms with Crippen molar-refractivity contribution in [3.8, 4) is 11.3 Å². The Morgan fingerprint density at radius 3 is 2.67 bits per heavy atom. The molecule has 2 N–H and O–H groups in total. The van der Waals surface area contributed by atoms with Gasteiger partial charge in [0.05, 0.1) is 24.5 Å². The van der Waals surface area contributed by atoms with Gasteiger partial charge in [0, 0.05) is 73.1 Å². The number of nitrogens with one attached hydrogen (secondary N) is 2. The third-order valence-electron chi connectivity index (χ3n) is 7.26. The van der Waals surface area contributed by atoms with E-state index in [9.17, 15) is 18.0 Å². The molecule has 0 atom stereocenters. The molecular formula is C31H28F3N7O2. The van der Waals surface area contributed by atoms with Crippen molar-refractivity contribution in [2.45, 2.75) is 19.6 Å². The van der Waals surface area contributed by atoms with Gasteiger partial charge in [-0.15, -0.1) is 0 Å². The highest BCUT2D eigenvalue weighted by atomic mass is 19.4. The van der Waals surface area contributed by atoms with Gasteiger partial charge in [0.25, 0.3) is 5.91 Å². The fourth-order valence-corrected chi connectivity index (χ4v) is 4.95. The molecule has 1 aliphatic rings. The lowest BCUT2D eigenvalue weighted by Gasteiger charge is -2.27. The average molecular weight is 588 g/mol. The molecule has 220 valence electrons. The van der Waals surface area contributed by atoms with Crippen LogP contribution in [-0.2, 0) is 17.5 Å². The fraction of sp³-hybridized carbons (Fsp3) is 0.226. The number of aromatic nitrogens is 4. The van der Waals surface area contributed by atoms with Crippen LogP contribution in [-0.4, -0.2) is 56.5 Å². The van der Waals surface area contributed by atoms with E-state index in [4.69, 9.17) is 9.72 Å². The van der Waals surface area contributed by atoms with Crippen molar-refractivity contribution in [2.24, 2.45) is 0 Å². The van der Waals surface area contributed by atoms with Gasteiger partial charge < -0.3 is 19.8 Å². The Bertz CT molecular complexity index is 1770. The van der Waals surface area contributed by atoms with Crippen LogP contribution in [0.1, 0.15) is 27.0 Å². The number of carbonyl (C=O) groups excluding carboxylic acids is 1. The second-order valence-corrected chi connectivity index (χ2v) is 10.2. The van der Waals surface area contributed by atoms with Crippen molar-refractivity contribution in [2.75, 3.05) is 36.9 Å². The Balaban J connectivity index is 1.25. The smallest absolute Gasteiger partial charge is 0.379 e. The predicted octanol–water partition coefficient (Wildman–Crippen LogP) is 5.95. The number of imidazole rings is 1. The number of fused-ring (bicyclic) bond motifs is 1. The third kappa shape index (κ3) is 6.35. The van der Waals surface area contributed by atoms with Gasteiger partial charge in [0.15, 0.2) is 11.5 Å². The first-order valence-electron chi connectivity index (χ1n) is 13.7. The number of hydrogen-bond acceptors (Lipinski definition) is 7. The minimum atomic E-state index is -4.60. The predicted molar refractivity (Wildman–Crippen MR) is 156 cm³/mol. The Morgan fingerprint density at radius 1 is 1.07 bits per heavy atom. The number of rotatable bonds is 7. The maximum absolute atomic E-state index is 14.0. The number of pyridine rings is 1. The zero-order valence-electron chi connectivity index (χ0n) is 23.2. The Hall–Kier alpha value is -4.81. The van der Waals surface area contributed by atoms with Gasteiger partial charge in [-0.2, -0.15) is 13.2 Å². The summed E-state index contributed by atoms with van der Waals surface area (Å²) in [6, 6.07) is 12.7. The van der Waals surface area contributed by atoms with E-state index in [1.54, 1.807) is 36.8 Å². The standard InChI is InChI=1S/C31H28F3N7O2/c1-20-4-7-24(16-26(20)38-28-29-36-9-10-41(29)19-27(39-28)22-3-2-8-35-17-22)37-30(42)21-5-6-23(25(15-21)31(32,33)34)18-40-11-13-43-14-12-40/h2-10,15-17,19H,11-14,18H2,1H3,(H,37,42)(H,38,39). The molecule has 9 nitrogen and oxygen atoms in total. The van der Waals surface area contributed by atoms with Crippen LogP contribution in [0.15, 0.2) is 79.5 Å². The number of anilines is 3. The van der Waals surface area contributed by atoms with E-state index in [1.165, 1.54) is 12.1 Å². The van der Waals surface area contributed by atoms with Crippen molar-refractivity contribution < 1.29 is 22.7 Å². The number of nitrogens with zero attached hydrogens (tertiary/aromatic N) is 5. The minimum absolute atomic E-state index is 0.0851. The van der Waals surface area contributed by atoms with Crippen LogP contribution in [0.2, 0.25) is 0 Å². The second kappa shape index (κ2) is 11.8. The quantitative estimate of drug-likeness (QED) is 0.243. The molecule has 5 aromatic rings. The number of benzene rings is 2. The summed E-state index contributed by atoms with van der Waals surface area (Å²) in [4.78, 5) is 28.4. The molecule has 1 amide bonds. The zero-order valence-corrected chi connectivity index (χ0v) is 23.2. The Morgan fingerprint density at radius 2 is 1.91 bits per heavy atom. The Labute approximate surface area is 245 Å². The highest BCUT2D eigenvalue weighted by Crippen LogP contribution is 2.34. The molecular weight excluding hydrogens is 559 g/mol. The van der Waals surface area contributed by atoms with Gasteiger partial charge in [-0.25, -0.2) is 9.97 Å². The SMILES string of the molecule is Cc1ccc(NC(=O)c2ccc(CN3CCOCC3)c(C(F)(F)F)c2)cc1Nc1nc(-c2cccnc2)cn2ccnc12. The number of alkyl halides is 3. The van der Waals surface area contributed by atoms with Crippen molar-refractivity contribution in [3.63, 3.8) is 0 Å². The van der Waals surface area contributed by atoms with Crippen LogP contribution in [0.4, 0.5) is 30.4 Å². The summed E-state index contributed by atoms with van der Waals surface area (Å²) in [7, 11) is 0. The summed E-state index contributed by atoms with van der Waals surface area (Å²) in [6.07, 6.45) is 4.14. The van der Waals surface area contributed by atoms with Crippen LogP contribution in [0.25, 0.3) is 16.9 Å². The molecule has 2 aromatic carbocycles. The summed E-state index contributed by atoms with van der Waals surface area (Å²) < 4.78 is 49.2. The molecule has 0 unspecified atom stereocenters. The van der Waals surface area contributed by atoms with Crippen molar-refractivity contribution in [3.05, 3.63) is 102 Å². The number of aryl methyl sites for hydroxylation is 1. The van der Waals surface area contributed by atoms with Gasteiger partial charge in [-0.05, 0) is 54.4 Å². The molecule has 43 heavy (non-hydrogen) atoms. The molecule has 0 bridgehead atoms. The molecule has 1 aliphatic heterocycles. The molecule has 0 saturated carbocycles. The van der Waals surface area contributed by atoms with Crippen molar-refractivity contribution in [1.82, 2.24) is 24.3 Å². The van der Waals surface area contributed by atoms with Crippen LogP contribution >= 0.6 is 0 Å². The van der Waals surface area contributed by atoms with E-state index < -0.39 is 17.6 Å². The molecule has 12 heteroatoms. The van der Waals surface area contributed by atoms with Crippen molar-refractivity contribution >= 4 is 28.7 Å². The van der Waals surface area contributed by atoms with E-state index in [1.807, 2.05) is 40.8 Å². The van der Waals surface area contributed by atoms with Crippen molar-refractivity contribution in [1.29, 1.82) is 0 Å². The highest BCUT2D eigenvalue weighted by Gasteiger charge is 2.34. The maximum Gasteiger partial charge on any atom is 0.416 e. The molecule has 4 heterocycles. The van der Waals surface area contributed by atoms with Gasteiger partial charge >= 0.3 is 6.18 Å². The number of hydrogen-bond donors (Lipinski definition) is 2. The van der Waals surface area contributed by atoms with Gasteiger partial charge in [0.1, 0.15) is 0 Å². The third-order valence-corrected chi connectivity index (χ3v) is 7.26. The number of halogens is 3. The van der Waals surface area contributed by atoms with E-state index in [0.717, 1.165) is 17.2 Å². The number of morpholine rings is 1. The Kier molecular flexibility index (Phi) is 7.78. The lowest BCUT2D eigenvalue weighted by Crippen LogP contribution is -2.36. The zero-order chi connectivity index (χ0) is 30.0. The molecule has 0 aliphatic carbocycles. The number of amides is 1. The van der Waals surface area contributed by atoms with Crippen LogP contribution in [0.3, 0.4) is 0 Å². The largest absolute Gasteiger partial charge is 0.416 e. The molecule has 6 rings (SSSR count). The van der Waals surface area contributed by atoms with E-state index in [2.05, 4.69) is 20.6 Å². The first-order chi connectivity index (χ1) is 20.7. The minimum Gasteiger partial charge on any atom is -0.379 e. The molecule has 0 spiro atoms. The molecule has 1 saturated heterocycles. The van der Waals surface area contributed by atoms with Crippen LogP contribution < -0.4 is 10.6 Å². The normalized spacial score (nSPS) is 14.1. The number of ether oxygens (including phenoxy) is 1. The summed E-state index contributed by atoms with van der Waals surface area (Å²) in [6.45, 7) is 4.09. The lowest BCUT2D eigenvalue weighted by atomic mass is 10.0. The summed E-state index contributed by atoms with van der Waals surface area (Å²) in [5.74, 6) is -0.158. The first kappa shape index (κ1) is 28.3. The monoisotopic (exact) mass is 587 g/mol. The summed E-state index contributed by atoms with van der Waals surface area (Å²) in [5.41, 5.74) is 3.25. The van der Waals surface area contributed by atoms with Gasteiger partial charge in [-0.3, -0.25) is 14.7 Å². The van der Waals surface area contributed by atoms with Crippen LogP contribution in [0, 0.1) is 6.92 Å². The molecule has 0 radical (unpaired) electrons. The maximum atomic E-state index is 14.0. The average Bonchev–Trinajstić information content (AvgIpc) is 3.49. The summed E-state index contributed by atoms with van der Waals surface area (Å²) in [5, 5.41) is 6.05. The second-order valence-electron chi connectivity index (χ2n) is 10.2. The first-order valence-corrected chi connectivity index (χ1v) is 13.7. The summed E-state index contributed by atoms with van der Waals surface area (Å²) >= 11 is 0. The topological polar surface area (TPSA) is 96.7 Å². The van der Waals surface area contributed by atoms with E-state index in [0.29, 0.717) is 54.8 Å². The van der Waals surface area contributed by atoms with Gasteiger partial charge in [-0.1, -0.05) is 12.1 Å². The number of carbonyl (C=O) groups is 1. The molecule has 3 aromatic heterocycles. The fourth-order valence-electron chi connectivity index (χ4n) is 4.95. The van der Waals surface area contributed by atoms with Crippen LogP contribution in [0.5, 0.6) is 0 Å². The molecule has 1 fully saturated rings. The van der Waals surface area contributed by atoms with E-state index >= 15 is 0 Å². The highest BCUT2D eigenvalue weighted by molar-refractivity contribution is 6.04. The van der Waals surface area contributed by atoms with E-state index in [-0.39, 0.29) is 17.7 Å².